The Morgan fingerprint density at radius 3 is 2.56 bits per heavy atom. The molecule has 15 heteroatoms. The smallest absolute Gasteiger partial charge is 0.352 e. The second-order valence-electron chi connectivity index (χ2n) is 8.97. The van der Waals surface area contributed by atoms with Gasteiger partial charge in [-0.1, -0.05) is 30.3 Å². The number of fused-ring (bicyclic) bond motifs is 1. The van der Waals surface area contributed by atoms with Crippen LogP contribution in [-0.4, -0.2) is 97.7 Å². The van der Waals surface area contributed by atoms with Gasteiger partial charge in [-0.15, -0.1) is 16.8 Å². The molecule has 0 radical (unpaired) electrons. The zero-order valence-corrected chi connectivity index (χ0v) is 21.6. The van der Waals surface area contributed by atoms with Crippen LogP contribution < -0.4 is 10.2 Å². The van der Waals surface area contributed by atoms with E-state index in [1.165, 1.54) is 16.8 Å². The number of nitrogens with one attached hydrogen (secondary N) is 1. The van der Waals surface area contributed by atoms with E-state index in [4.69, 9.17) is 4.84 Å². The molecular weight excluding hydrogens is 528 g/mol. The summed E-state index contributed by atoms with van der Waals surface area (Å²) < 4.78 is 0. The first kappa shape index (κ1) is 26.2. The number of β-lactam (4-membered cyclic amide) rings is 1. The van der Waals surface area contributed by atoms with E-state index in [1.54, 1.807) is 18.5 Å². The van der Waals surface area contributed by atoms with E-state index in [1.807, 2.05) is 35.2 Å². The van der Waals surface area contributed by atoms with E-state index >= 15 is 0 Å². The maximum atomic E-state index is 12.8. The second-order valence-corrected chi connectivity index (χ2v) is 10.1. The molecule has 1 aromatic carbocycles. The summed E-state index contributed by atoms with van der Waals surface area (Å²) >= 11 is 1.32. The first-order valence-electron chi connectivity index (χ1n) is 12.2. The molecule has 1 aromatic heterocycles. The van der Waals surface area contributed by atoms with E-state index in [-0.39, 0.29) is 30.4 Å². The van der Waals surface area contributed by atoms with Crippen molar-refractivity contribution in [3.05, 3.63) is 70.8 Å². The summed E-state index contributed by atoms with van der Waals surface area (Å²) in [5.74, 6) is -1.29. The monoisotopic (exact) mass is 554 g/mol. The van der Waals surface area contributed by atoms with Gasteiger partial charge in [0.25, 0.3) is 5.91 Å². The molecule has 0 aliphatic carbocycles. The number of aliphatic carboxylic acids is 1. The number of aromatic nitrogens is 2. The van der Waals surface area contributed by atoms with Crippen LogP contribution in [0.1, 0.15) is 5.56 Å². The number of nitrogens with zero attached hydrogens (tertiary/aromatic N) is 7. The van der Waals surface area contributed by atoms with Crippen LogP contribution in [0.2, 0.25) is 0 Å². The average molecular weight is 555 g/mol. The third kappa shape index (κ3) is 5.72. The Labute approximate surface area is 227 Å². The van der Waals surface area contributed by atoms with Crippen LogP contribution in [-0.2, 0) is 25.6 Å². The van der Waals surface area contributed by atoms with Gasteiger partial charge in [0.05, 0.1) is 24.5 Å². The van der Waals surface area contributed by atoms with Gasteiger partial charge in [-0.25, -0.2) is 14.8 Å². The van der Waals surface area contributed by atoms with Crippen molar-refractivity contribution in [1.29, 1.82) is 0 Å². The molecule has 2 unspecified atom stereocenters. The fraction of sp³-hybridized carbons (Fsp3) is 0.375. The summed E-state index contributed by atoms with van der Waals surface area (Å²) in [5.41, 5.74) is 0.916. The van der Waals surface area contributed by atoms with E-state index in [9.17, 15) is 24.7 Å². The van der Waals surface area contributed by atoms with Crippen molar-refractivity contribution in [2.75, 3.05) is 43.4 Å². The standard InChI is InChI=1S/C24H26N8O6S/c33-18(13-16-5-2-1-3-6-16)27-19-21(34)31-20(23(35)36)17(15-39-22(19)31)14-38-28-32(37)30-11-9-29(10-12-30)24-25-7-4-8-26-24/h1-8,19,22H,9-15H2,(H,27,33)(H,35,36)/b32-28-. The van der Waals surface area contributed by atoms with Crippen LogP contribution in [0.15, 0.2) is 65.3 Å². The number of benzene rings is 1. The molecule has 2 N–H and O–H groups in total. The summed E-state index contributed by atoms with van der Waals surface area (Å²) in [6.07, 6.45) is 3.42. The van der Waals surface area contributed by atoms with Gasteiger partial charge >= 0.3 is 5.97 Å². The van der Waals surface area contributed by atoms with Crippen molar-refractivity contribution in [2.24, 2.45) is 5.28 Å². The van der Waals surface area contributed by atoms with Gasteiger partial charge in [0.1, 0.15) is 23.7 Å². The lowest BCUT2D eigenvalue weighted by molar-refractivity contribution is -0.711. The number of carboxylic acids is 1. The number of hydrogen-bond acceptors (Lipinski definition) is 10. The Morgan fingerprint density at radius 1 is 1.15 bits per heavy atom. The number of carbonyl (C=O) groups is 3. The van der Waals surface area contributed by atoms with Gasteiger partial charge < -0.3 is 25.4 Å². The molecule has 0 saturated carbocycles. The highest BCUT2D eigenvalue weighted by Gasteiger charge is 2.54. The Morgan fingerprint density at radius 2 is 1.87 bits per heavy atom. The average Bonchev–Trinajstić information content (AvgIpc) is 2.96. The van der Waals surface area contributed by atoms with Crippen molar-refractivity contribution in [1.82, 2.24) is 25.2 Å². The van der Waals surface area contributed by atoms with Crippen molar-refractivity contribution in [3.8, 4) is 0 Å². The zero-order chi connectivity index (χ0) is 27.4. The van der Waals surface area contributed by atoms with Crippen molar-refractivity contribution in [3.63, 3.8) is 0 Å². The Bertz CT molecular complexity index is 1290. The van der Waals surface area contributed by atoms with Gasteiger partial charge in [-0.05, 0) is 11.6 Å². The van der Waals surface area contributed by atoms with Crippen molar-refractivity contribution < 1.29 is 29.3 Å². The van der Waals surface area contributed by atoms with Gasteiger partial charge in [-0.3, -0.25) is 14.5 Å². The summed E-state index contributed by atoms with van der Waals surface area (Å²) in [5, 5.41) is 29.4. The Hall–Kier alpha value is -4.40. The van der Waals surface area contributed by atoms with Gasteiger partial charge in [-0.2, -0.15) is 0 Å². The van der Waals surface area contributed by atoms with Crippen molar-refractivity contribution in [2.45, 2.75) is 17.8 Å². The van der Waals surface area contributed by atoms with E-state index in [2.05, 4.69) is 20.6 Å². The Kier molecular flexibility index (Phi) is 7.76. The SMILES string of the molecule is O=C(Cc1ccccc1)NC1C(=O)N2C(C(=O)O)=C(CO/N=[N+](\[O-])N3CCN(c4ncccn4)CC3)CSC12. The maximum Gasteiger partial charge on any atom is 0.352 e. The number of hydrazine groups is 1. The lowest BCUT2D eigenvalue weighted by Crippen LogP contribution is -2.70. The number of anilines is 1. The molecule has 2 saturated heterocycles. The lowest BCUT2D eigenvalue weighted by atomic mass is 10.0. The van der Waals surface area contributed by atoms with Gasteiger partial charge in [0.2, 0.25) is 17.1 Å². The topological polar surface area (TPSA) is 167 Å². The first-order chi connectivity index (χ1) is 18.9. The molecular formula is C24H26N8O6S. The molecule has 4 heterocycles. The Balaban J connectivity index is 1.15. The first-order valence-corrected chi connectivity index (χ1v) is 13.3. The van der Waals surface area contributed by atoms with Crippen LogP contribution in [0.4, 0.5) is 5.95 Å². The maximum absolute atomic E-state index is 12.8. The quantitative estimate of drug-likeness (QED) is 0.190. The highest BCUT2D eigenvalue weighted by molar-refractivity contribution is 8.00. The predicted octanol–water partition coefficient (Wildman–Crippen LogP) is 0.389. The predicted molar refractivity (Wildman–Crippen MR) is 138 cm³/mol. The molecule has 14 nitrogen and oxygen atoms in total. The third-order valence-corrected chi connectivity index (χ3v) is 7.81. The summed E-state index contributed by atoms with van der Waals surface area (Å²) in [6.45, 7) is 1.51. The summed E-state index contributed by atoms with van der Waals surface area (Å²) in [7, 11) is 0. The number of amides is 2. The number of rotatable bonds is 9. The molecule has 0 bridgehead atoms. The molecule has 2 amide bonds. The minimum Gasteiger partial charge on any atom is -0.569 e. The van der Waals surface area contributed by atoms with E-state index < -0.39 is 23.3 Å². The van der Waals surface area contributed by atoms with Crippen LogP contribution in [0, 0.1) is 5.21 Å². The highest BCUT2D eigenvalue weighted by Crippen LogP contribution is 2.40. The largest absolute Gasteiger partial charge is 0.569 e. The highest BCUT2D eigenvalue weighted by atomic mass is 32.2. The van der Waals surface area contributed by atoms with E-state index in [0.29, 0.717) is 42.7 Å². The van der Waals surface area contributed by atoms with Gasteiger partial charge in [0, 0.05) is 36.8 Å². The molecule has 2 fully saturated rings. The normalized spacial score (nSPS) is 21.3. The molecule has 3 aliphatic rings. The van der Waals surface area contributed by atoms with Crippen LogP contribution in [0.3, 0.4) is 0 Å². The number of thioether (sulfide) groups is 1. The zero-order valence-electron chi connectivity index (χ0n) is 20.8. The molecule has 39 heavy (non-hydrogen) atoms. The fourth-order valence-corrected chi connectivity index (χ4v) is 5.86. The minimum atomic E-state index is -1.29. The van der Waals surface area contributed by atoms with Crippen LogP contribution in [0.5, 0.6) is 0 Å². The number of hydrogen-bond donors (Lipinski definition) is 2. The summed E-state index contributed by atoms with van der Waals surface area (Å²) in [4.78, 5) is 54.4. The number of carbonyl (C=O) groups excluding carboxylic acids is 2. The fourth-order valence-electron chi connectivity index (χ4n) is 4.53. The molecule has 5 rings (SSSR count). The van der Waals surface area contributed by atoms with Crippen molar-refractivity contribution >= 4 is 35.5 Å². The number of carboxylic acid groups (broad SMARTS) is 1. The number of piperazine rings is 1. The summed E-state index contributed by atoms with van der Waals surface area (Å²) in [6, 6.07) is 10.0. The molecule has 0 spiro atoms. The molecule has 2 atom stereocenters. The van der Waals surface area contributed by atoms with Gasteiger partial charge in [0.15, 0.2) is 0 Å². The third-order valence-electron chi connectivity index (χ3n) is 6.47. The molecule has 3 aliphatic heterocycles. The lowest BCUT2D eigenvalue weighted by Gasteiger charge is -2.49. The van der Waals surface area contributed by atoms with E-state index in [0.717, 1.165) is 10.5 Å². The molecule has 204 valence electrons. The second kappa shape index (κ2) is 11.6. The van der Waals surface area contributed by atoms with Crippen LogP contribution >= 0.6 is 11.8 Å². The minimum absolute atomic E-state index is 0.116. The van der Waals surface area contributed by atoms with Crippen LogP contribution in [0.25, 0.3) is 0 Å². The molecule has 2 aromatic rings.